The summed E-state index contributed by atoms with van der Waals surface area (Å²) in [6, 6.07) is 12.6. The highest BCUT2D eigenvalue weighted by Crippen LogP contribution is 2.33. The van der Waals surface area contributed by atoms with Crippen molar-refractivity contribution < 1.29 is 19.2 Å². The third-order valence-corrected chi connectivity index (χ3v) is 11.2. The van der Waals surface area contributed by atoms with Crippen LogP contribution in [0.25, 0.3) is 22.2 Å². The van der Waals surface area contributed by atoms with Gasteiger partial charge < -0.3 is 15.2 Å². The second-order valence-electron chi connectivity index (χ2n) is 14.5. The van der Waals surface area contributed by atoms with Gasteiger partial charge in [0.05, 0.1) is 40.3 Å². The van der Waals surface area contributed by atoms with Gasteiger partial charge in [-0.1, -0.05) is 35.0 Å². The Morgan fingerprint density at radius 1 is 0.891 bits per heavy atom. The Morgan fingerprint density at radius 2 is 1.73 bits per heavy atom. The molecule has 3 N–H and O–H groups in total. The number of hydrogen-bond acceptors (Lipinski definition) is 12. The van der Waals surface area contributed by atoms with E-state index in [-0.39, 0.29) is 24.4 Å². The van der Waals surface area contributed by atoms with Crippen molar-refractivity contribution >= 4 is 57.8 Å². The molecule has 4 aliphatic heterocycles. The molecule has 0 spiro atoms. The molecule has 0 bridgehead atoms. The van der Waals surface area contributed by atoms with Gasteiger partial charge in [-0.05, 0) is 37.1 Å². The lowest BCUT2D eigenvalue weighted by Crippen LogP contribution is -2.54. The van der Waals surface area contributed by atoms with Crippen LogP contribution in [0.15, 0.2) is 61.1 Å². The number of para-hydroxylation sites is 1. The number of aromatic amines is 1. The number of anilines is 2. The Hall–Kier alpha value is -5.71. The van der Waals surface area contributed by atoms with E-state index < -0.39 is 29.7 Å². The van der Waals surface area contributed by atoms with E-state index in [1.807, 2.05) is 41.3 Å². The summed E-state index contributed by atoms with van der Waals surface area (Å²) in [5, 5.41) is 16.2. The Kier molecular flexibility index (Phi) is 9.23. The number of hydrogen-bond donors (Lipinski definition) is 3. The molecule has 2 aromatic carbocycles. The highest BCUT2D eigenvalue weighted by Gasteiger charge is 2.44. The standard InChI is InChI=1S/C38H39ClN12O4/c39-30-19-41-38(44-34(30)29-18-40-31-4-2-1-3-26(29)31)42-23-9-10-47(20-23)13-16-50-22-24(45-46-50)21-48-11-14-49(15-12-48)25-5-6-27-28(17-25)37(55)51(36(27)54)32-7-8-33(52)43-35(32)53/h1-6,17-19,22-23,32,40H,7-16,20-21H2,(H,41,42,44)(H,43,52,53)/t23-,32?/m1/s1. The fourth-order valence-corrected chi connectivity index (χ4v) is 8.24. The van der Waals surface area contributed by atoms with Crippen LogP contribution in [0.4, 0.5) is 11.6 Å². The number of fused-ring (bicyclic) bond motifs is 2. The number of aromatic nitrogens is 6. The van der Waals surface area contributed by atoms with Gasteiger partial charge >= 0.3 is 0 Å². The minimum atomic E-state index is -0.979. The van der Waals surface area contributed by atoms with Gasteiger partial charge in [-0.25, -0.2) is 9.97 Å². The number of amides is 4. The first kappa shape index (κ1) is 35.0. The van der Waals surface area contributed by atoms with Gasteiger partial charge in [0.15, 0.2) is 0 Å². The van der Waals surface area contributed by atoms with Gasteiger partial charge in [0.25, 0.3) is 11.8 Å². The van der Waals surface area contributed by atoms with Crippen LogP contribution < -0.4 is 15.5 Å². The Labute approximate surface area is 320 Å². The molecule has 3 aromatic heterocycles. The molecule has 16 nitrogen and oxygen atoms in total. The number of benzene rings is 2. The fourth-order valence-electron chi connectivity index (χ4n) is 8.04. The predicted molar refractivity (Wildman–Crippen MR) is 203 cm³/mol. The number of likely N-dealkylation sites (tertiary alicyclic amines) is 1. The number of piperazine rings is 1. The number of rotatable bonds is 10. The minimum Gasteiger partial charge on any atom is -0.369 e. The molecule has 5 aromatic rings. The zero-order valence-electron chi connectivity index (χ0n) is 29.9. The molecule has 1 unspecified atom stereocenters. The molecule has 0 radical (unpaired) electrons. The molecule has 0 saturated carbocycles. The van der Waals surface area contributed by atoms with Crippen molar-refractivity contribution in [3.8, 4) is 11.3 Å². The number of carbonyl (C=O) groups is 4. The molecular formula is C38H39ClN12O4. The number of halogens is 1. The maximum absolute atomic E-state index is 13.3. The second kappa shape index (κ2) is 14.5. The van der Waals surface area contributed by atoms with E-state index >= 15 is 0 Å². The second-order valence-corrected chi connectivity index (χ2v) is 14.9. The lowest BCUT2D eigenvalue weighted by Gasteiger charge is -2.35. The van der Waals surface area contributed by atoms with E-state index in [1.165, 1.54) is 0 Å². The molecule has 55 heavy (non-hydrogen) atoms. The Bertz CT molecular complexity index is 2320. The van der Waals surface area contributed by atoms with Gasteiger partial charge in [0, 0.05) is 99.4 Å². The van der Waals surface area contributed by atoms with E-state index in [2.05, 4.69) is 51.7 Å². The van der Waals surface area contributed by atoms with E-state index in [9.17, 15) is 19.2 Å². The molecule has 3 saturated heterocycles. The average molecular weight is 763 g/mol. The minimum absolute atomic E-state index is 0.0883. The van der Waals surface area contributed by atoms with E-state index in [0.717, 1.165) is 91.5 Å². The molecule has 0 aliphatic carbocycles. The van der Waals surface area contributed by atoms with Gasteiger partial charge in [-0.15, -0.1) is 5.10 Å². The van der Waals surface area contributed by atoms with Crippen LogP contribution in [0, 0.1) is 0 Å². The third-order valence-electron chi connectivity index (χ3n) is 11.0. The highest BCUT2D eigenvalue weighted by atomic mass is 35.5. The van der Waals surface area contributed by atoms with Gasteiger partial charge in [0.1, 0.15) is 6.04 Å². The highest BCUT2D eigenvalue weighted by molar-refractivity contribution is 6.33. The first-order valence-corrected chi connectivity index (χ1v) is 18.9. The Morgan fingerprint density at radius 3 is 2.58 bits per heavy atom. The van der Waals surface area contributed by atoms with Crippen molar-refractivity contribution in [3.63, 3.8) is 0 Å². The summed E-state index contributed by atoms with van der Waals surface area (Å²) in [6.07, 6.45) is 6.81. The summed E-state index contributed by atoms with van der Waals surface area (Å²) in [4.78, 5) is 70.9. The largest absolute Gasteiger partial charge is 0.369 e. The number of carbonyl (C=O) groups excluding carboxylic acids is 4. The molecule has 2 atom stereocenters. The molecule has 282 valence electrons. The summed E-state index contributed by atoms with van der Waals surface area (Å²) in [5.74, 6) is -1.44. The molecule has 4 amide bonds. The van der Waals surface area contributed by atoms with Crippen molar-refractivity contribution in [2.45, 2.75) is 44.4 Å². The van der Waals surface area contributed by atoms with Gasteiger partial charge in [-0.3, -0.25) is 43.9 Å². The summed E-state index contributed by atoms with van der Waals surface area (Å²) in [5.41, 5.74) is 5.02. The van der Waals surface area contributed by atoms with E-state index in [4.69, 9.17) is 16.6 Å². The smallest absolute Gasteiger partial charge is 0.262 e. The first-order chi connectivity index (χ1) is 26.8. The topological polar surface area (TPSA) is 178 Å². The average Bonchev–Trinajstić information content (AvgIpc) is 3.99. The lowest BCUT2D eigenvalue weighted by atomic mass is 10.0. The van der Waals surface area contributed by atoms with Crippen LogP contribution in [-0.2, 0) is 22.7 Å². The molecule has 7 heterocycles. The number of piperidine rings is 1. The van der Waals surface area contributed by atoms with Gasteiger partial charge in [0.2, 0.25) is 17.8 Å². The van der Waals surface area contributed by atoms with Crippen LogP contribution >= 0.6 is 11.6 Å². The van der Waals surface area contributed by atoms with Crippen LogP contribution in [-0.4, -0.2) is 126 Å². The quantitative estimate of drug-likeness (QED) is 0.178. The summed E-state index contributed by atoms with van der Waals surface area (Å²) < 4.78 is 1.91. The Balaban J connectivity index is 0.740. The number of H-pyrrole nitrogens is 1. The normalized spacial score (nSPS) is 20.8. The van der Waals surface area contributed by atoms with Crippen LogP contribution in [0.3, 0.4) is 0 Å². The molecule has 3 fully saturated rings. The molecule has 9 rings (SSSR count). The third kappa shape index (κ3) is 6.92. The van der Waals surface area contributed by atoms with Crippen molar-refractivity contribution in [3.05, 3.63) is 82.9 Å². The molecule has 17 heteroatoms. The zero-order valence-corrected chi connectivity index (χ0v) is 30.7. The van der Waals surface area contributed by atoms with E-state index in [0.29, 0.717) is 28.8 Å². The molecular weight excluding hydrogens is 724 g/mol. The SMILES string of the molecule is O=C1CCC(N2C(=O)c3ccc(N4CCN(Cc5cn(CCN6CC[C@@H](Nc7ncc(Cl)c(-c8c[nH]c9ccccc89)n7)C6)nn5)CC4)cc3C2=O)C(=O)N1. The van der Waals surface area contributed by atoms with Crippen molar-refractivity contribution in [2.75, 3.05) is 56.0 Å². The number of nitrogens with one attached hydrogen (secondary N) is 3. The maximum atomic E-state index is 13.3. The zero-order chi connectivity index (χ0) is 37.6. The van der Waals surface area contributed by atoms with E-state index in [1.54, 1.807) is 18.3 Å². The summed E-state index contributed by atoms with van der Waals surface area (Å²) >= 11 is 6.54. The number of imide groups is 2. The van der Waals surface area contributed by atoms with Crippen molar-refractivity contribution in [1.29, 1.82) is 0 Å². The van der Waals surface area contributed by atoms with Crippen molar-refractivity contribution in [2.24, 2.45) is 0 Å². The summed E-state index contributed by atoms with van der Waals surface area (Å²) in [7, 11) is 0. The van der Waals surface area contributed by atoms with Crippen LogP contribution in [0.1, 0.15) is 45.7 Å². The number of nitrogens with zero attached hydrogens (tertiary/aromatic N) is 9. The first-order valence-electron chi connectivity index (χ1n) is 18.6. The van der Waals surface area contributed by atoms with Crippen LogP contribution in [0.5, 0.6) is 0 Å². The fraction of sp³-hybridized carbons (Fsp3) is 0.368. The van der Waals surface area contributed by atoms with Gasteiger partial charge in [-0.2, -0.15) is 0 Å². The monoisotopic (exact) mass is 762 g/mol. The summed E-state index contributed by atoms with van der Waals surface area (Å²) in [6.45, 7) is 7.15. The van der Waals surface area contributed by atoms with Crippen LogP contribution in [0.2, 0.25) is 5.02 Å². The lowest BCUT2D eigenvalue weighted by molar-refractivity contribution is -0.136. The van der Waals surface area contributed by atoms with Crippen molar-refractivity contribution in [1.82, 2.24) is 50.0 Å². The molecule has 4 aliphatic rings. The predicted octanol–water partition coefficient (Wildman–Crippen LogP) is 2.78. The maximum Gasteiger partial charge on any atom is 0.262 e.